The predicted molar refractivity (Wildman–Crippen MR) is 435 cm³/mol. The minimum Gasteiger partial charge on any atom is -0.508 e. The number of pyridine rings is 1. The fourth-order valence-corrected chi connectivity index (χ4v) is 15.7. The number of phenolic OH excluding ortho intramolecular Hbond substituents is 3. The molecule has 38 nitrogen and oxygen atoms in total. The van der Waals surface area contributed by atoms with E-state index in [9.17, 15) is 69.9 Å². The third-order valence-electron chi connectivity index (χ3n) is 21.0. The van der Waals surface area contributed by atoms with Crippen molar-refractivity contribution in [2.75, 3.05) is 19.0 Å². The third kappa shape index (κ3) is 20.6. The Balaban J connectivity index is 1.03. The summed E-state index contributed by atoms with van der Waals surface area (Å²) in [6.45, 7) is 6.68. The summed E-state index contributed by atoms with van der Waals surface area (Å²) < 4.78 is 39.5. The molecule has 14 rings (SSSR count). The summed E-state index contributed by atoms with van der Waals surface area (Å²) in [5.74, 6) is -17.2. The van der Waals surface area contributed by atoms with Crippen molar-refractivity contribution in [1.29, 1.82) is 0 Å². The highest BCUT2D eigenvalue weighted by Crippen LogP contribution is 2.50. The number of phenols is 3. The average molecular weight is 1780 g/mol. The number of halogens is 4. The van der Waals surface area contributed by atoms with Crippen molar-refractivity contribution in [1.82, 2.24) is 58.4 Å². The van der Waals surface area contributed by atoms with Crippen LogP contribution in [0.25, 0.3) is 11.1 Å². The molecule has 0 radical (unpaired) electrons. The van der Waals surface area contributed by atoms with Crippen molar-refractivity contribution in [3.63, 3.8) is 0 Å². The first-order chi connectivity index (χ1) is 58.3. The molecular formula is C81H87Cl4N13O25. The number of hydrogen-bond acceptors (Lipinski definition) is 28. The fraction of sp³-hybridized carbons (Fsp3) is 0.370. The third-order valence-corrected chi connectivity index (χ3v) is 22.0. The second-order valence-corrected chi connectivity index (χ2v) is 32.2. The molecule has 8 heterocycles. The Labute approximate surface area is 720 Å². The van der Waals surface area contributed by atoms with E-state index < -0.39 is 254 Å². The Morgan fingerprint density at radius 3 is 1.94 bits per heavy atom. The zero-order valence-electron chi connectivity index (χ0n) is 66.0. The van der Waals surface area contributed by atoms with E-state index in [1.54, 1.807) is 6.92 Å². The molecule has 2 saturated heterocycles. The number of hydrogen-bond donors (Lipinski definition) is 21. The SMILES string of the molecule is CNC(CC(C)C)C(=O)NC1C(=O)NC(CC(N)=O)C(=O)NC2C(=O)NC3C(=O)NC(C(=O)NC(C(=O)NNC(C)=O)c4cc(O)cc(O)c4-c4cc3ccc4O)C(O)c3ccc(c(Cl)c3)Oc3cc2cc(c3OC2OC(CO)C(O)C(O)C2OC2CC(C)(NCc3cncc(C(=O)Nc4cc(Cl)cc(Cl)c4)c3)C(O)C(C)O2)Oc2ccc(cc2Cl)C1O. The Kier molecular flexibility index (Phi) is 28.2. The zero-order valence-corrected chi connectivity index (χ0v) is 69.0. The smallest absolute Gasteiger partial charge is 0.265 e. The summed E-state index contributed by atoms with van der Waals surface area (Å²) in [4.78, 5) is 150. The molecule has 10 amide bonds. The molecule has 7 aliphatic rings. The number of aliphatic hydroxyl groups excluding tert-OH is 6. The number of nitrogens with two attached hydrogens (primary N) is 1. The van der Waals surface area contributed by atoms with Crippen LogP contribution in [-0.2, 0) is 63.9 Å². The van der Waals surface area contributed by atoms with Gasteiger partial charge in [0, 0.05) is 70.7 Å². The van der Waals surface area contributed by atoms with Crippen LogP contribution >= 0.6 is 46.4 Å². The Hall–Kier alpha value is -11.3. The molecule has 11 bridgehead atoms. The number of hydrazine groups is 1. The molecule has 2 fully saturated rings. The predicted octanol–water partition coefficient (Wildman–Crippen LogP) is 2.97. The molecule has 18 unspecified atom stereocenters. The number of likely N-dealkylation sites (N-methyl/N-ethyl adjacent to an activating group) is 1. The largest absolute Gasteiger partial charge is 0.508 e. The van der Waals surface area contributed by atoms with Gasteiger partial charge < -0.3 is 128 Å². The first-order valence-corrected chi connectivity index (χ1v) is 39.8. The van der Waals surface area contributed by atoms with E-state index in [1.807, 2.05) is 13.8 Å². The number of aromatic hydroxyl groups is 3. The van der Waals surface area contributed by atoms with E-state index in [0.29, 0.717) is 11.3 Å². The Morgan fingerprint density at radius 2 is 1.32 bits per heavy atom. The highest BCUT2D eigenvalue weighted by atomic mass is 35.5. The summed E-state index contributed by atoms with van der Waals surface area (Å²) in [6, 6.07) is 5.18. The second-order valence-electron chi connectivity index (χ2n) is 30.5. The molecule has 18 atom stereocenters. The number of aromatic nitrogens is 1. The lowest BCUT2D eigenvalue weighted by atomic mass is 9.84. The van der Waals surface area contributed by atoms with E-state index in [0.717, 1.165) is 73.7 Å². The monoisotopic (exact) mass is 1780 g/mol. The number of amides is 10. The number of carbonyl (C=O) groups is 10. The van der Waals surface area contributed by atoms with Crippen LogP contribution in [0.4, 0.5) is 5.69 Å². The van der Waals surface area contributed by atoms with E-state index >= 15 is 24.0 Å². The number of ether oxygens (including phenoxy) is 6. The molecule has 42 heteroatoms. The molecule has 123 heavy (non-hydrogen) atoms. The number of carbonyl (C=O) groups excluding carboxylic acids is 10. The molecule has 7 aromatic rings. The van der Waals surface area contributed by atoms with Crippen LogP contribution in [0.1, 0.15) is 128 Å². The topological polar surface area (TPSA) is 579 Å². The summed E-state index contributed by atoms with van der Waals surface area (Å²) in [5, 5.41) is 130. The minimum atomic E-state index is -2.40. The van der Waals surface area contributed by atoms with Gasteiger partial charge in [0.25, 0.3) is 11.8 Å². The van der Waals surface area contributed by atoms with Crippen LogP contribution in [0, 0.1) is 5.92 Å². The lowest BCUT2D eigenvalue weighted by molar-refractivity contribution is -0.334. The van der Waals surface area contributed by atoms with Crippen LogP contribution in [0.3, 0.4) is 0 Å². The summed E-state index contributed by atoms with van der Waals surface area (Å²) in [7, 11) is 1.47. The summed E-state index contributed by atoms with van der Waals surface area (Å²) in [6.07, 6.45) is -16.7. The number of anilines is 1. The normalized spacial score (nSPS) is 26.1. The molecular weight excluding hydrogens is 1700 g/mol. The maximum atomic E-state index is 16.3. The highest BCUT2D eigenvalue weighted by molar-refractivity contribution is 6.35. The van der Waals surface area contributed by atoms with E-state index in [-0.39, 0.29) is 63.4 Å². The minimum absolute atomic E-state index is 0.0537. The van der Waals surface area contributed by atoms with Gasteiger partial charge in [0.15, 0.2) is 23.9 Å². The second kappa shape index (κ2) is 38.2. The van der Waals surface area contributed by atoms with Gasteiger partial charge in [-0.05, 0) is 145 Å². The number of benzene rings is 6. The maximum absolute atomic E-state index is 16.3. The van der Waals surface area contributed by atoms with Gasteiger partial charge in [-0.3, -0.25) is 63.8 Å². The molecule has 654 valence electrons. The van der Waals surface area contributed by atoms with Crippen LogP contribution in [-0.4, -0.2) is 203 Å². The van der Waals surface area contributed by atoms with Crippen molar-refractivity contribution in [3.05, 3.63) is 175 Å². The molecule has 0 spiro atoms. The van der Waals surface area contributed by atoms with Gasteiger partial charge in [-0.1, -0.05) is 78.5 Å². The zero-order chi connectivity index (χ0) is 89.1. The van der Waals surface area contributed by atoms with E-state index in [1.165, 1.54) is 62.8 Å². The quantitative estimate of drug-likeness (QED) is 0.0549. The van der Waals surface area contributed by atoms with Gasteiger partial charge in [0.1, 0.15) is 95.5 Å². The van der Waals surface area contributed by atoms with Crippen molar-refractivity contribution in [2.24, 2.45) is 11.7 Å². The van der Waals surface area contributed by atoms with Crippen LogP contribution in [0.2, 0.25) is 20.1 Å². The number of aliphatic hydroxyl groups is 6. The molecule has 0 saturated carbocycles. The molecule has 0 aliphatic carbocycles. The Morgan fingerprint density at radius 1 is 0.683 bits per heavy atom. The van der Waals surface area contributed by atoms with Gasteiger partial charge in [0.05, 0.1) is 46.9 Å². The van der Waals surface area contributed by atoms with E-state index in [4.69, 9.17) is 80.6 Å². The van der Waals surface area contributed by atoms with Crippen molar-refractivity contribution < 1.29 is 122 Å². The average Bonchev–Trinajstić information content (AvgIpc) is 0.759. The first kappa shape index (κ1) is 90.9. The van der Waals surface area contributed by atoms with Crippen LogP contribution in [0.15, 0.2) is 116 Å². The molecule has 6 aromatic carbocycles. The lowest BCUT2D eigenvalue weighted by Gasteiger charge is -2.48. The fourth-order valence-electron chi connectivity index (χ4n) is 14.7. The number of nitrogens with one attached hydrogen (secondary N) is 11. The summed E-state index contributed by atoms with van der Waals surface area (Å²) in [5.41, 5.74) is 6.56. The van der Waals surface area contributed by atoms with Crippen molar-refractivity contribution >= 4 is 111 Å². The van der Waals surface area contributed by atoms with Crippen LogP contribution in [0.5, 0.6) is 46.0 Å². The van der Waals surface area contributed by atoms with Crippen LogP contribution < -0.4 is 78.6 Å². The number of primary amides is 1. The van der Waals surface area contributed by atoms with Gasteiger partial charge in [-0.15, -0.1) is 0 Å². The van der Waals surface area contributed by atoms with Gasteiger partial charge in [0.2, 0.25) is 59.3 Å². The standard InChI is InChI=1S/C81H87Cl4N13O25/c1-31(2)13-48(87-6)73(111)95-63-65(105)36-8-11-52(46(84)16-36)119-54-18-38-19-55(69(54)123-80-70(68(108)67(107)56(30-99)121-80)122-58-26-81(5,71(109)32(3)118-58)89-28-34-14-39(29-88-27-34)72(110)90-42-21-40(82)20-41(83)22-42)120-53-12-9-37(17-47(53)85)66(106)64-78(116)94-62(79(117)98-97-33(4)100)45-23-43(101)24-51(103)59(45)44-15-35(7-10-50(44)102)60(75(113)96-64)93-76(114)61(38)92-74(112)49(25-57(86)104)91-77(63)115/h7-12,14-24,27,29,31-32,48-49,56,58,60-68,70-71,80,87,89,99,101-103,105-109H,13,25-26,28,30H2,1-6H3,(H2,86,104)(H,90,110)(H,91,115)(H,92,112)(H,93,114)(H,94,116)(H,95,111)(H,96,113)(H,97,100)(H,98,117). The van der Waals surface area contributed by atoms with E-state index in [2.05, 4.69) is 63.7 Å². The maximum Gasteiger partial charge on any atom is 0.265 e. The van der Waals surface area contributed by atoms with Gasteiger partial charge >= 0.3 is 0 Å². The Bertz CT molecular complexity index is 5270. The van der Waals surface area contributed by atoms with Crippen molar-refractivity contribution in [2.45, 2.75) is 170 Å². The molecule has 7 aliphatic heterocycles. The molecule has 22 N–H and O–H groups in total. The number of nitrogens with zero attached hydrogens (tertiary/aromatic N) is 1. The van der Waals surface area contributed by atoms with Gasteiger partial charge in [-0.2, -0.15) is 0 Å². The molecule has 1 aromatic heterocycles. The highest BCUT2D eigenvalue weighted by Gasteiger charge is 2.52. The van der Waals surface area contributed by atoms with Gasteiger partial charge in [-0.25, -0.2) is 0 Å². The number of rotatable bonds is 18. The number of fused-ring (bicyclic) bond motifs is 15. The van der Waals surface area contributed by atoms with Crippen molar-refractivity contribution in [3.8, 4) is 57.1 Å². The lowest BCUT2D eigenvalue weighted by Crippen LogP contribution is -2.65. The summed E-state index contributed by atoms with van der Waals surface area (Å²) >= 11 is 26.7. The first-order valence-electron chi connectivity index (χ1n) is 38.3.